The number of hydrogen-bond donors (Lipinski definition) is 1. The van der Waals surface area contributed by atoms with Crippen molar-refractivity contribution < 1.29 is 14.3 Å². The Morgan fingerprint density at radius 1 is 1.43 bits per heavy atom. The van der Waals surface area contributed by atoms with Crippen LogP contribution in [0.5, 0.6) is 5.75 Å². The van der Waals surface area contributed by atoms with E-state index in [9.17, 15) is 4.79 Å². The molecule has 0 bridgehead atoms. The smallest absolute Gasteiger partial charge is 0.408 e. The van der Waals surface area contributed by atoms with Crippen molar-refractivity contribution in [2.75, 3.05) is 31.2 Å². The fourth-order valence-corrected chi connectivity index (χ4v) is 3.41. The molecule has 1 atom stereocenters. The molecule has 158 valence electrons. The molecule has 1 aromatic rings. The van der Waals surface area contributed by atoms with Gasteiger partial charge in [0.25, 0.3) is 0 Å². The first-order valence-corrected chi connectivity index (χ1v) is 10.5. The average molecular weight is 392 g/mol. The quantitative estimate of drug-likeness (QED) is 0.694. The summed E-state index contributed by atoms with van der Waals surface area (Å²) < 4.78 is 11.2. The molecule has 2 rings (SSSR count). The fourth-order valence-electron chi connectivity index (χ4n) is 3.41. The van der Waals surface area contributed by atoms with Crippen LogP contribution < -0.4 is 15.0 Å². The summed E-state index contributed by atoms with van der Waals surface area (Å²) in [7, 11) is 0. The lowest BCUT2D eigenvalue weighted by molar-refractivity contribution is 0.0985. The number of ether oxygens (including phenoxy) is 2. The van der Waals surface area contributed by atoms with Gasteiger partial charge in [0.2, 0.25) is 0 Å². The molecule has 0 saturated carbocycles. The van der Waals surface area contributed by atoms with Crippen molar-refractivity contribution in [1.82, 2.24) is 10.3 Å². The molecule has 1 aliphatic rings. The Balaban J connectivity index is 2.07. The third kappa shape index (κ3) is 6.66. The molecule has 1 N–H and O–H groups in total. The van der Waals surface area contributed by atoms with Crippen LogP contribution in [0.3, 0.4) is 0 Å². The average Bonchev–Trinajstić information content (AvgIpc) is 2.61. The van der Waals surface area contributed by atoms with Crippen molar-refractivity contribution in [2.24, 2.45) is 5.41 Å². The van der Waals surface area contributed by atoms with Gasteiger partial charge in [0.15, 0.2) is 5.75 Å². The lowest BCUT2D eigenvalue weighted by atomic mass is 9.91. The second-order valence-electron chi connectivity index (χ2n) is 8.92. The van der Waals surface area contributed by atoms with E-state index in [0.29, 0.717) is 25.5 Å². The Morgan fingerprint density at radius 3 is 2.82 bits per heavy atom. The van der Waals surface area contributed by atoms with E-state index in [0.717, 1.165) is 49.3 Å². The minimum absolute atomic E-state index is 0.271. The van der Waals surface area contributed by atoms with Crippen LogP contribution in [0.1, 0.15) is 65.1 Å². The standard InChI is InChI=1S/C22H37N3O3/c1-7-9-18-20(28-21(26)23-11-8-10-22(4,5)6)16(2)14-19(24-18)25-12-13-27-15-17(25)3/h14,17H,7-13,15H2,1-6H3,(H,23,26)/t17-/m1/s1. The molecule has 1 fully saturated rings. The second kappa shape index (κ2) is 10.1. The van der Waals surface area contributed by atoms with Gasteiger partial charge >= 0.3 is 6.09 Å². The monoisotopic (exact) mass is 391 g/mol. The van der Waals surface area contributed by atoms with Gasteiger partial charge in [-0.2, -0.15) is 0 Å². The summed E-state index contributed by atoms with van der Waals surface area (Å²) >= 11 is 0. The van der Waals surface area contributed by atoms with Gasteiger partial charge in [-0.3, -0.25) is 0 Å². The first-order chi connectivity index (χ1) is 13.2. The minimum atomic E-state index is -0.399. The molecule has 6 nitrogen and oxygen atoms in total. The van der Waals surface area contributed by atoms with E-state index in [1.54, 1.807) is 0 Å². The van der Waals surface area contributed by atoms with E-state index in [-0.39, 0.29) is 11.5 Å². The lowest BCUT2D eigenvalue weighted by Gasteiger charge is -2.34. The predicted molar refractivity (Wildman–Crippen MR) is 113 cm³/mol. The Labute approximate surface area is 170 Å². The van der Waals surface area contributed by atoms with Gasteiger partial charge in [0.1, 0.15) is 5.82 Å². The van der Waals surface area contributed by atoms with Crippen LogP contribution >= 0.6 is 0 Å². The number of anilines is 1. The maximum Gasteiger partial charge on any atom is 0.412 e. The summed E-state index contributed by atoms with van der Waals surface area (Å²) in [6.07, 6.45) is 3.31. The van der Waals surface area contributed by atoms with Crippen molar-refractivity contribution in [3.63, 3.8) is 0 Å². The number of carbonyl (C=O) groups excluding carboxylic acids is 1. The molecule has 0 unspecified atom stereocenters. The molecule has 28 heavy (non-hydrogen) atoms. The SMILES string of the molecule is CCCc1nc(N2CCOC[C@H]2C)cc(C)c1OC(=O)NCCCC(C)(C)C. The largest absolute Gasteiger partial charge is 0.412 e. The molecule has 1 aromatic heterocycles. The van der Waals surface area contributed by atoms with Crippen molar-refractivity contribution in [1.29, 1.82) is 0 Å². The van der Waals surface area contributed by atoms with Gasteiger partial charge < -0.3 is 19.7 Å². The third-order valence-electron chi connectivity index (χ3n) is 4.93. The van der Waals surface area contributed by atoms with E-state index in [4.69, 9.17) is 14.5 Å². The van der Waals surface area contributed by atoms with E-state index in [2.05, 4.69) is 44.8 Å². The highest BCUT2D eigenvalue weighted by Crippen LogP contribution is 2.29. The number of nitrogens with one attached hydrogen (secondary N) is 1. The van der Waals surface area contributed by atoms with Crippen molar-refractivity contribution in [3.8, 4) is 5.75 Å². The topological polar surface area (TPSA) is 63.7 Å². The molecular weight excluding hydrogens is 354 g/mol. The van der Waals surface area contributed by atoms with Gasteiger partial charge in [0, 0.05) is 13.1 Å². The molecule has 1 amide bonds. The Hall–Kier alpha value is -1.82. The molecule has 0 spiro atoms. The summed E-state index contributed by atoms with van der Waals surface area (Å²) in [5.74, 6) is 1.54. The van der Waals surface area contributed by atoms with Crippen LogP contribution in [0.2, 0.25) is 0 Å². The fraction of sp³-hybridized carbons (Fsp3) is 0.727. The van der Waals surface area contributed by atoms with E-state index < -0.39 is 6.09 Å². The highest BCUT2D eigenvalue weighted by Gasteiger charge is 2.23. The molecule has 6 heteroatoms. The van der Waals surface area contributed by atoms with Gasteiger partial charge in [-0.05, 0) is 50.2 Å². The third-order valence-corrected chi connectivity index (χ3v) is 4.93. The van der Waals surface area contributed by atoms with Crippen LogP contribution in [0, 0.1) is 12.3 Å². The van der Waals surface area contributed by atoms with Crippen LogP contribution in [0.4, 0.5) is 10.6 Å². The minimum Gasteiger partial charge on any atom is -0.408 e. The van der Waals surface area contributed by atoms with Crippen LogP contribution in [0.25, 0.3) is 0 Å². The number of carbonyl (C=O) groups is 1. The molecular formula is C22H37N3O3. The summed E-state index contributed by atoms with van der Waals surface area (Å²) in [4.78, 5) is 19.4. The van der Waals surface area contributed by atoms with Gasteiger partial charge in [-0.15, -0.1) is 0 Å². The molecule has 2 heterocycles. The normalized spacial score (nSPS) is 17.5. The molecule has 0 radical (unpaired) electrons. The van der Waals surface area contributed by atoms with E-state index >= 15 is 0 Å². The predicted octanol–water partition coefficient (Wildman–Crippen LogP) is 4.48. The zero-order chi connectivity index (χ0) is 20.7. The maximum absolute atomic E-state index is 12.3. The Kier molecular flexibility index (Phi) is 8.10. The number of hydrogen-bond acceptors (Lipinski definition) is 5. The second-order valence-corrected chi connectivity index (χ2v) is 8.92. The number of amides is 1. The number of aromatic nitrogens is 1. The molecule has 0 aliphatic carbocycles. The van der Waals surface area contributed by atoms with Crippen molar-refractivity contribution in [2.45, 2.75) is 73.3 Å². The number of aryl methyl sites for hydroxylation is 2. The molecule has 0 aromatic carbocycles. The van der Waals surface area contributed by atoms with Crippen LogP contribution in [0.15, 0.2) is 6.07 Å². The Morgan fingerprint density at radius 2 is 2.18 bits per heavy atom. The van der Waals surface area contributed by atoms with Crippen molar-refractivity contribution in [3.05, 3.63) is 17.3 Å². The first kappa shape index (κ1) is 22.5. The van der Waals surface area contributed by atoms with Gasteiger partial charge in [-0.25, -0.2) is 9.78 Å². The van der Waals surface area contributed by atoms with Crippen molar-refractivity contribution >= 4 is 11.9 Å². The van der Waals surface area contributed by atoms with E-state index in [1.807, 2.05) is 13.0 Å². The number of nitrogens with zero attached hydrogens (tertiary/aromatic N) is 2. The summed E-state index contributed by atoms with van der Waals surface area (Å²) in [6, 6.07) is 2.30. The molecule has 1 saturated heterocycles. The lowest BCUT2D eigenvalue weighted by Crippen LogP contribution is -2.44. The maximum atomic E-state index is 12.3. The van der Waals surface area contributed by atoms with Gasteiger partial charge in [-0.1, -0.05) is 34.1 Å². The van der Waals surface area contributed by atoms with Gasteiger partial charge in [0.05, 0.1) is 24.9 Å². The zero-order valence-corrected chi connectivity index (χ0v) is 18.4. The van der Waals surface area contributed by atoms with Crippen LogP contribution in [-0.4, -0.2) is 43.4 Å². The highest BCUT2D eigenvalue weighted by molar-refractivity contribution is 5.71. The summed E-state index contributed by atoms with van der Waals surface area (Å²) in [6.45, 7) is 15.7. The first-order valence-electron chi connectivity index (χ1n) is 10.5. The highest BCUT2D eigenvalue weighted by atomic mass is 16.6. The Bertz CT molecular complexity index is 655. The van der Waals surface area contributed by atoms with E-state index in [1.165, 1.54) is 0 Å². The van der Waals surface area contributed by atoms with Crippen LogP contribution in [-0.2, 0) is 11.2 Å². The summed E-state index contributed by atoms with van der Waals surface area (Å²) in [5.41, 5.74) is 2.06. The number of rotatable bonds is 7. The number of pyridine rings is 1. The zero-order valence-electron chi connectivity index (χ0n) is 18.4. The molecule has 1 aliphatic heterocycles. The summed E-state index contributed by atoms with van der Waals surface area (Å²) in [5, 5.41) is 2.87. The number of morpholine rings is 1.